The number of aromatic nitrogens is 2. The van der Waals surface area contributed by atoms with Crippen molar-refractivity contribution >= 4 is 6.03 Å². The number of nitrogens with zero attached hydrogens (tertiary/aromatic N) is 3. The van der Waals surface area contributed by atoms with Gasteiger partial charge in [-0.05, 0) is 18.3 Å². The van der Waals surface area contributed by atoms with Gasteiger partial charge in [-0.2, -0.15) is 0 Å². The summed E-state index contributed by atoms with van der Waals surface area (Å²) in [5.74, 6) is 1.56. The van der Waals surface area contributed by atoms with Crippen molar-refractivity contribution in [1.29, 1.82) is 0 Å². The van der Waals surface area contributed by atoms with Gasteiger partial charge in [0.25, 0.3) is 0 Å². The van der Waals surface area contributed by atoms with Crippen LogP contribution in [0.1, 0.15) is 44.2 Å². The van der Waals surface area contributed by atoms with Crippen LogP contribution in [0.2, 0.25) is 0 Å². The summed E-state index contributed by atoms with van der Waals surface area (Å²) < 4.78 is 0. The minimum atomic E-state index is 0.00367. The predicted molar refractivity (Wildman–Crippen MR) is 80.5 cm³/mol. The Morgan fingerprint density at radius 2 is 2.14 bits per heavy atom. The highest BCUT2D eigenvalue weighted by molar-refractivity contribution is 5.74. The van der Waals surface area contributed by atoms with E-state index in [1.54, 1.807) is 23.5 Å². The van der Waals surface area contributed by atoms with Gasteiger partial charge in [0.2, 0.25) is 0 Å². The number of hydrogen-bond acceptors (Lipinski definition) is 3. The molecule has 1 heterocycles. The Labute approximate surface area is 126 Å². The number of carbonyl (C=O) groups is 1. The molecule has 114 valence electrons. The summed E-state index contributed by atoms with van der Waals surface area (Å²) in [7, 11) is 1.81. The maximum Gasteiger partial charge on any atom is 0.317 e. The van der Waals surface area contributed by atoms with E-state index < -0.39 is 0 Å². The third kappa shape index (κ3) is 3.71. The van der Waals surface area contributed by atoms with E-state index >= 15 is 0 Å². The van der Waals surface area contributed by atoms with Crippen molar-refractivity contribution < 1.29 is 4.79 Å². The fourth-order valence-corrected chi connectivity index (χ4v) is 3.46. The molecule has 5 heteroatoms. The highest BCUT2D eigenvalue weighted by Gasteiger charge is 2.44. The second kappa shape index (κ2) is 6.41. The van der Waals surface area contributed by atoms with Crippen LogP contribution in [-0.2, 0) is 6.54 Å². The monoisotopic (exact) mass is 288 g/mol. The molecule has 0 unspecified atom stereocenters. The largest absolute Gasteiger partial charge is 0.335 e. The second-order valence-electron chi connectivity index (χ2n) is 6.41. The lowest BCUT2D eigenvalue weighted by molar-refractivity contribution is 0.204. The number of amides is 2. The van der Waals surface area contributed by atoms with Crippen LogP contribution in [0.25, 0.3) is 0 Å². The Balaban J connectivity index is 1.44. The Hall–Kier alpha value is -1.65. The van der Waals surface area contributed by atoms with Crippen molar-refractivity contribution in [2.45, 2.75) is 51.1 Å². The molecule has 1 N–H and O–H groups in total. The molecule has 0 bridgehead atoms. The molecule has 2 atom stereocenters. The molecule has 0 aromatic carbocycles. The lowest BCUT2D eigenvalue weighted by Gasteiger charge is -2.22. The molecule has 2 amide bonds. The van der Waals surface area contributed by atoms with Gasteiger partial charge in [-0.25, -0.2) is 4.79 Å². The van der Waals surface area contributed by atoms with E-state index in [0.717, 1.165) is 24.0 Å². The standard InChI is InChI=1S/C16H24N4O/c1-20(11-13-10-17-7-8-18-13)16(21)19-15-9-14(15)12-5-3-2-4-6-12/h7-8,10,12,14-15H,2-6,9,11H2,1H3,(H,19,21)/t14-,15+/m1/s1. The van der Waals surface area contributed by atoms with Crippen LogP contribution >= 0.6 is 0 Å². The average Bonchev–Trinajstić information content (AvgIpc) is 3.28. The number of urea groups is 1. The average molecular weight is 288 g/mol. The molecule has 0 saturated heterocycles. The van der Waals surface area contributed by atoms with Gasteiger partial charge in [0, 0.05) is 25.5 Å². The minimum absolute atomic E-state index is 0.00367. The van der Waals surface area contributed by atoms with Gasteiger partial charge in [-0.15, -0.1) is 0 Å². The molecule has 1 aromatic rings. The summed E-state index contributed by atoms with van der Waals surface area (Å²) in [4.78, 5) is 22.1. The van der Waals surface area contributed by atoms with Gasteiger partial charge in [0.1, 0.15) is 0 Å². The van der Waals surface area contributed by atoms with E-state index in [-0.39, 0.29) is 6.03 Å². The van der Waals surface area contributed by atoms with E-state index in [1.165, 1.54) is 32.1 Å². The van der Waals surface area contributed by atoms with E-state index in [0.29, 0.717) is 12.6 Å². The zero-order chi connectivity index (χ0) is 14.7. The van der Waals surface area contributed by atoms with Gasteiger partial charge < -0.3 is 10.2 Å². The quantitative estimate of drug-likeness (QED) is 0.926. The number of rotatable bonds is 4. The van der Waals surface area contributed by atoms with Crippen LogP contribution in [0.4, 0.5) is 4.79 Å². The Kier molecular flexibility index (Phi) is 4.36. The van der Waals surface area contributed by atoms with Crippen LogP contribution in [0.15, 0.2) is 18.6 Å². The zero-order valence-corrected chi connectivity index (χ0v) is 12.7. The van der Waals surface area contributed by atoms with Crippen molar-refractivity contribution in [2.75, 3.05) is 7.05 Å². The van der Waals surface area contributed by atoms with Crippen molar-refractivity contribution in [1.82, 2.24) is 20.2 Å². The molecule has 2 fully saturated rings. The SMILES string of the molecule is CN(Cc1cnccn1)C(=O)N[C@H]1C[C@@H]1C1CCCCC1. The first-order valence-corrected chi connectivity index (χ1v) is 8.00. The molecule has 5 nitrogen and oxygen atoms in total. The first-order valence-electron chi connectivity index (χ1n) is 8.00. The van der Waals surface area contributed by atoms with Gasteiger partial charge in [0.15, 0.2) is 0 Å². The lowest BCUT2D eigenvalue weighted by Crippen LogP contribution is -2.39. The normalized spacial score (nSPS) is 25.4. The first kappa shape index (κ1) is 14.3. The summed E-state index contributed by atoms with van der Waals surface area (Å²) in [6.07, 6.45) is 13.0. The van der Waals surface area contributed by atoms with E-state index in [4.69, 9.17) is 0 Å². The van der Waals surface area contributed by atoms with Crippen molar-refractivity contribution in [2.24, 2.45) is 11.8 Å². The van der Waals surface area contributed by atoms with Crippen molar-refractivity contribution in [3.05, 3.63) is 24.3 Å². The molecule has 1 aromatic heterocycles. The number of nitrogens with one attached hydrogen (secondary N) is 1. The van der Waals surface area contributed by atoms with E-state index in [2.05, 4.69) is 15.3 Å². The summed E-state index contributed by atoms with van der Waals surface area (Å²) >= 11 is 0. The smallest absolute Gasteiger partial charge is 0.317 e. The summed E-state index contributed by atoms with van der Waals surface area (Å²) in [5, 5.41) is 3.16. The van der Waals surface area contributed by atoms with E-state index in [1.807, 2.05) is 7.05 Å². The molecule has 0 spiro atoms. The molecule has 2 aliphatic rings. The van der Waals surface area contributed by atoms with E-state index in [9.17, 15) is 4.79 Å². The Morgan fingerprint density at radius 3 is 2.86 bits per heavy atom. The fraction of sp³-hybridized carbons (Fsp3) is 0.688. The highest BCUT2D eigenvalue weighted by Crippen LogP contribution is 2.44. The summed E-state index contributed by atoms with van der Waals surface area (Å²) in [6.45, 7) is 0.500. The molecule has 2 aliphatic carbocycles. The minimum Gasteiger partial charge on any atom is -0.335 e. The molecule has 3 rings (SSSR count). The topological polar surface area (TPSA) is 58.1 Å². The molecular formula is C16H24N4O. The van der Waals surface area contributed by atoms with Gasteiger partial charge in [0.05, 0.1) is 18.4 Å². The third-order valence-corrected chi connectivity index (χ3v) is 4.77. The molecule has 0 radical (unpaired) electrons. The Bertz CT molecular complexity index is 472. The summed E-state index contributed by atoms with van der Waals surface area (Å²) in [6, 6.07) is 0.397. The van der Waals surface area contributed by atoms with Crippen LogP contribution in [0, 0.1) is 11.8 Å². The Morgan fingerprint density at radius 1 is 1.33 bits per heavy atom. The van der Waals surface area contributed by atoms with Gasteiger partial charge in [-0.3, -0.25) is 9.97 Å². The molecule has 2 saturated carbocycles. The number of carbonyl (C=O) groups excluding carboxylic acids is 1. The zero-order valence-electron chi connectivity index (χ0n) is 12.7. The van der Waals surface area contributed by atoms with Crippen LogP contribution in [0.5, 0.6) is 0 Å². The van der Waals surface area contributed by atoms with Crippen LogP contribution < -0.4 is 5.32 Å². The predicted octanol–water partition coefficient (Wildman–Crippen LogP) is 2.59. The fourth-order valence-electron chi connectivity index (χ4n) is 3.46. The van der Waals surface area contributed by atoms with Crippen molar-refractivity contribution in [3.63, 3.8) is 0 Å². The maximum absolute atomic E-state index is 12.2. The first-order chi connectivity index (χ1) is 10.2. The van der Waals surface area contributed by atoms with Crippen molar-refractivity contribution in [3.8, 4) is 0 Å². The molecular weight excluding hydrogens is 264 g/mol. The molecule has 0 aliphatic heterocycles. The summed E-state index contributed by atoms with van der Waals surface area (Å²) in [5.41, 5.74) is 0.815. The van der Waals surface area contributed by atoms with Gasteiger partial charge in [-0.1, -0.05) is 32.1 Å². The second-order valence-corrected chi connectivity index (χ2v) is 6.41. The van der Waals surface area contributed by atoms with Crippen LogP contribution in [-0.4, -0.2) is 34.0 Å². The number of hydrogen-bond donors (Lipinski definition) is 1. The van der Waals surface area contributed by atoms with Gasteiger partial charge >= 0.3 is 6.03 Å². The van der Waals surface area contributed by atoms with Crippen LogP contribution in [0.3, 0.4) is 0 Å². The third-order valence-electron chi connectivity index (χ3n) is 4.77. The lowest BCUT2D eigenvalue weighted by atomic mass is 9.85. The maximum atomic E-state index is 12.2. The molecule has 21 heavy (non-hydrogen) atoms. The highest BCUT2D eigenvalue weighted by atomic mass is 16.2.